The number of likely N-dealkylation sites (tertiary alicyclic amines) is 1. The first-order valence-corrected chi connectivity index (χ1v) is 7.57. The lowest BCUT2D eigenvalue weighted by molar-refractivity contribution is -0.186. The van der Waals surface area contributed by atoms with Gasteiger partial charge in [-0.25, -0.2) is 0 Å². The molecule has 1 heterocycles. The van der Waals surface area contributed by atoms with Gasteiger partial charge in [-0.1, -0.05) is 6.07 Å². The predicted octanol–water partition coefficient (Wildman–Crippen LogP) is 4.04. The van der Waals surface area contributed by atoms with Crippen LogP contribution in [0.4, 0.5) is 13.2 Å². The van der Waals surface area contributed by atoms with Gasteiger partial charge in [0.15, 0.2) is 0 Å². The molecule has 0 saturated carbocycles. The van der Waals surface area contributed by atoms with Gasteiger partial charge in [0.1, 0.15) is 5.75 Å². The van der Waals surface area contributed by atoms with E-state index in [1.165, 1.54) is 5.56 Å². The van der Waals surface area contributed by atoms with Crippen LogP contribution >= 0.6 is 0 Å². The molecule has 3 rings (SSSR count). The molecule has 1 atom stereocenters. The van der Waals surface area contributed by atoms with Gasteiger partial charge >= 0.3 is 6.18 Å². The highest BCUT2D eigenvalue weighted by Gasteiger charge is 2.42. The zero-order chi connectivity index (χ0) is 15.0. The van der Waals surface area contributed by atoms with Crippen LogP contribution in [0.1, 0.15) is 42.9 Å². The Hall–Kier alpha value is -1.23. The smallest absolute Gasteiger partial charge is 0.391 e. The van der Waals surface area contributed by atoms with Gasteiger partial charge in [0.2, 0.25) is 0 Å². The van der Waals surface area contributed by atoms with E-state index in [1.54, 1.807) is 12.1 Å². The van der Waals surface area contributed by atoms with Gasteiger partial charge in [-0.3, -0.25) is 4.90 Å². The normalized spacial score (nSPS) is 24.8. The van der Waals surface area contributed by atoms with E-state index in [2.05, 4.69) is 4.90 Å². The van der Waals surface area contributed by atoms with E-state index >= 15 is 0 Å². The van der Waals surface area contributed by atoms with Gasteiger partial charge in [-0.15, -0.1) is 0 Å². The third kappa shape index (κ3) is 3.03. The van der Waals surface area contributed by atoms with Gasteiger partial charge in [0, 0.05) is 6.04 Å². The molecule has 0 aromatic heterocycles. The number of nitrogens with zero attached hydrogens (tertiary/aromatic N) is 1. The Morgan fingerprint density at radius 3 is 2.48 bits per heavy atom. The molecular formula is C16H20F3NO. The lowest BCUT2D eigenvalue weighted by Crippen LogP contribution is -2.41. The van der Waals surface area contributed by atoms with E-state index in [0.29, 0.717) is 13.1 Å². The second kappa shape index (κ2) is 5.52. The summed E-state index contributed by atoms with van der Waals surface area (Å²) in [6, 6.07) is 5.62. The third-order valence-corrected chi connectivity index (χ3v) is 4.84. The van der Waals surface area contributed by atoms with Gasteiger partial charge in [-0.2, -0.15) is 13.2 Å². The van der Waals surface area contributed by atoms with Crippen molar-refractivity contribution in [2.45, 2.75) is 44.3 Å². The largest absolute Gasteiger partial charge is 0.508 e. The minimum absolute atomic E-state index is 0.202. The molecule has 1 N–H and O–H groups in total. The number of aromatic hydroxyl groups is 1. The van der Waals surface area contributed by atoms with E-state index in [-0.39, 0.29) is 24.6 Å². The van der Waals surface area contributed by atoms with E-state index in [1.807, 2.05) is 6.07 Å². The van der Waals surface area contributed by atoms with Crippen LogP contribution in [0.2, 0.25) is 0 Å². The molecule has 1 aliphatic heterocycles. The molecule has 1 aromatic carbocycles. The van der Waals surface area contributed by atoms with Crippen molar-refractivity contribution in [3.8, 4) is 5.75 Å². The number of fused-ring (bicyclic) bond motifs is 1. The minimum atomic E-state index is -4.05. The first kappa shape index (κ1) is 14.7. The average Bonchev–Trinajstić information content (AvgIpc) is 2.45. The lowest BCUT2D eigenvalue weighted by Gasteiger charge is -2.40. The van der Waals surface area contributed by atoms with Crippen molar-refractivity contribution in [2.75, 3.05) is 13.1 Å². The first-order valence-electron chi connectivity index (χ1n) is 7.57. The fourth-order valence-corrected chi connectivity index (χ4v) is 3.69. The summed E-state index contributed by atoms with van der Waals surface area (Å²) in [5.41, 5.74) is 2.33. The molecule has 0 bridgehead atoms. The average molecular weight is 299 g/mol. The van der Waals surface area contributed by atoms with Crippen LogP contribution in [-0.4, -0.2) is 29.3 Å². The monoisotopic (exact) mass is 299 g/mol. The number of alkyl halides is 3. The van der Waals surface area contributed by atoms with Crippen LogP contribution in [0.3, 0.4) is 0 Å². The van der Waals surface area contributed by atoms with E-state index in [4.69, 9.17) is 0 Å². The van der Waals surface area contributed by atoms with Crippen LogP contribution in [0.25, 0.3) is 0 Å². The standard InChI is InChI=1S/C16H20F3NO/c17-16(18,19)12-6-8-20(9-7-12)15-3-1-2-11-10-13(21)4-5-14(11)15/h4-5,10,12,15,21H,1-3,6-9H2. The molecule has 21 heavy (non-hydrogen) atoms. The third-order valence-electron chi connectivity index (χ3n) is 4.84. The number of aryl methyl sites for hydroxylation is 1. The summed E-state index contributed by atoms with van der Waals surface area (Å²) in [7, 11) is 0. The summed E-state index contributed by atoms with van der Waals surface area (Å²) >= 11 is 0. The maximum absolute atomic E-state index is 12.7. The maximum Gasteiger partial charge on any atom is 0.391 e. The Morgan fingerprint density at radius 1 is 1.10 bits per heavy atom. The van der Waals surface area contributed by atoms with Crippen molar-refractivity contribution in [1.29, 1.82) is 0 Å². The van der Waals surface area contributed by atoms with Crippen LogP contribution < -0.4 is 0 Å². The summed E-state index contributed by atoms with van der Waals surface area (Å²) < 4.78 is 38.2. The number of phenolic OH excluding ortho intramolecular Hbond substituents is 1. The highest BCUT2D eigenvalue weighted by molar-refractivity contribution is 5.38. The van der Waals surface area contributed by atoms with Crippen LogP contribution in [0.5, 0.6) is 5.75 Å². The summed E-state index contributed by atoms with van der Waals surface area (Å²) in [5.74, 6) is -0.873. The minimum Gasteiger partial charge on any atom is -0.508 e. The van der Waals surface area contributed by atoms with Crippen molar-refractivity contribution >= 4 is 0 Å². The van der Waals surface area contributed by atoms with Gasteiger partial charge in [-0.05, 0) is 68.5 Å². The number of rotatable bonds is 1. The molecular weight excluding hydrogens is 279 g/mol. The lowest BCUT2D eigenvalue weighted by atomic mass is 9.85. The molecule has 1 saturated heterocycles. The van der Waals surface area contributed by atoms with Crippen molar-refractivity contribution < 1.29 is 18.3 Å². The number of hydrogen-bond donors (Lipinski definition) is 1. The van der Waals surface area contributed by atoms with Crippen molar-refractivity contribution in [1.82, 2.24) is 4.90 Å². The predicted molar refractivity (Wildman–Crippen MR) is 74.1 cm³/mol. The molecule has 116 valence electrons. The number of piperidine rings is 1. The second-order valence-electron chi connectivity index (χ2n) is 6.14. The summed E-state index contributed by atoms with van der Waals surface area (Å²) in [4.78, 5) is 2.19. The van der Waals surface area contributed by atoms with Crippen LogP contribution in [0.15, 0.2) is 18.2 Å². The molecule has 2 aliphatic rings. The molecule has 0 amide bonds. The van der Waals surface area contributed by atoms with Gasteiger partial charge < -0.3 is 5.11 Å². The Morgan fingerprint density at radius 2 is 1.81 bits per heavy atom. The number of hydrogen-bond acceptors (Lipinski definition) is 2. The zero-order valence-corrected chi connectivity index (χ0v) is 11.9. The highest BCUT2D eigenvalue weighted by atomic mass is 19.4. The number of benzene rings is 1. The Balaban J connectivity index is 1.73. The maximum atomic E-state index is 12.7. The number of halogens is 3. The van der Waals surface area contributed by atoms with E-state index in [0.717, 1.165) is 24.8 Å². The topological polar surface area (TPSA) is 23.5 Å². The molecule has 1 aliphatic carbocycles. The van der Waals surface area contributed by atoms with Crippen LogP contribution in [-0.2, 0) is 6.42 Å². The van der Waals surface area contributed by atoms with Crippen molar-refractivity contribution in [3.63, 3.8) is 0 Å². The SMILES string of the molecule is Oc1ccc2c(c1)CCCC2N1CCC(C(F)(F)F)CC1. The Bertz CT molecular complexity index is 507. The Kier molecular flexibility index (Phi) is 3.86. The Labute approximate surface area is 122 Å². The summed E-state index contributed by atoms with van der Waals surface area (Å²) in [5, 5.41) is 9.57. The van der Waals surface area contributed by atoms with Gasteiger partial charge in [0.25, 0.3) is 0 Å². The summed E-state index contributed by atoms with van der Waals surface area (Å²) in [6.07, 6.45) is -0.683. The molecule has 2 nitrogen and oxygen atoms in total. The summed E-state index contributed by atoms with van der Waals surface area (Å²) in [6.45, 7) is 1.02. The molecule has 0 spiro atoms. The van der Waals surface area contributed by atoms with Crippen molar-refractivity contribution in [2.24, 2.45) is 5.92 Å². The zero-order valence-electron chi connectivity index (χ0n) is 11.9. The fourth-order valence-electron chi connectivity index (χ4n) is 3.69. The molecule has 1 unspecified atom stereocenters. The molecule has 1 fully saturated rings. The highest BCUT2D eigenvalue weighted by Crippen LogP contribution is 2.40. The quantitative estimate of drug-likeness (QED) is 0.846. The first-order chi connectivity index (χ1) is 9.95. The molecule has 1 aromatic rings. The molecule has 5 heteroatoms. The molecule has 0 radical (unpaired) electrons. The van der Waals surface area contributed by atoms with E-state index < -0.39 is 12.1 Å². The van der Waals surface area contributed by atoms with E-state index in [9.17, 15) is 18.3 Å². The number of phenols is 1. The van der Waals surface area contributed by atoms with Crippen molar-refractivity contribution in [3.05, 3.63) is 29.3 Å². The van der Waals surface area contributed by atoms with Gasteiger partial charge in [0.05, 0.1) is 5.92 Å². The second-order valence-corrected chi connectivity index (χ2v) is 6.14. The van der Waals surface area contributed by atoms with Crippen LogP contribution in [0, 0.1) is 5.92 Å². The fraction of sp³-hybridized carbons (Fsp3) is 0.625.